The first-order valence-corrected chi connectivity index (χ1v) is 6.06. The number of hydrogen-bond acceptors (Lipinski definition) is 5. The van der Waals surface area contributed by atoms with E-state index in [9.17, 15) is 9.90 Å². The first kappa shape index (κ1) is 14.0. The minimum atomic E-state index is -1.12. The van der Waals surface area contributed by atoms with Gasteiger partial charge in [0.15, 0.2) is 5.69 Å². The van der Waals surface area contributed by atoms with E-state index in [0.717, 1.165) is 0 Å². The SMILES string of the molecule is Cc1ncc(B2OC(C)(C)C(C)(C)O2)c(C(=O)O)n1. The standard InChI is InChI=1S/C12H17BN2O4/c1-7-14-6-8(9(15-7)10(16)17)13-18-11(2,3)12(4,5)19-13/h6H,1-5H3,(H,16,17). The van der Waals surface area contributed by atoms with Gasteiger partial charge in [0.2, 0.25) is 0 Å². The van der Waals surface area contributed by atoms with E-state index in [4.69, 9.17) is 9.31 Å². The Balaban J connectivity index is 2.42. The molecule has 2 rings (SSSR count). The van der Waals surface area contributed by atoms with E-state index in [-0.39, 0.29) is 5.69 Å². The highest BCUT2D eigenvalue weighted by molar-refractivity contribution is 6.63. The van der Waals surface area contributed by atoms with Crippen molar-refractivity contribution >= 4 is 18.6 Å². The number of carboxylic acids is 1. The second kappa shape index (κ2) is 4.28. The van der Waals surface area contributed by atoms with Crippen LogP contribution in [0.25, 0.3) is 0 Å². The Morgan fingerprint density at radius 3 is 2.26 bits per heavy atom. The molecule has 0 aliphatic carbocycles. The van der Waals surface area contributed by atoms with Crippen LogP contribution in [0.5, 0.6) is 0 Å². The summed E-state index contributed by atoms with van der Waals surface area (Å²) < 4.78 is 11.6. The van der Waals surface area contributed by atoms with E-state index in [1.807, 2.05) is 27.7 Å². The topological polar surface area (TPSA) is 81.5 Å². The Labute approximate surface area is 112 Å². The summed E-state index contributed by atoms with van der Waals surface area (Å²) in [6, 6.07) is 0. The van der Waals surface area contributed by atoms with Crippen LogP contribution in [-0.4, -0.2) is 39.4 Å². The molecular weight excluding hydrogens is 247 g/mol. The van der Waals surface area contributed by atoms with Crippen LogP contribution in [0.2, 0.25) is 0 Å². The lowest BCUT2D eigenvalue weighted by Crippen LogP contribution is -2.41. The fourth-order valence-corrected chi connectivity index (χ4v) is 1.79. The fourth-order valence-electron chi connectivity index (χ4n) is 1.79. The molecule has 0 spiro atoms. The third-order valence-corrected chi connectivity index (χ3v) is 3.65. The Kier molecular flexibility index (Phi) is 3.14. The second-order valence-corrected chi connectivity index (χ2v) is 5.61. The molecule has 0 aromatic carbocycles. The summed E-state index contributed by atoms with van der Waals surface area (Å²) in [5, 5.41) is 9.21. The lowest BCUT2D eigenvalue weighted by Gasteiger charge is -2.32. The highest BCUT2D eigenvalue weighted by atomic mass is 16.7. The van der Waals surface area contributed by atoms with Gasteiger partial charge in [-0.15, -0.1) is 0 Å². The van der Waals surface area contributed by atoms with Crippen molar-refractivity contribution < 1.29 is 19.2 Å². The minimum Gasteiger partial charge on any atom is -0.477 e. The first-order chi connectivity index (χ1) is 8.64. The van der Waals surface area contributed by atoms with Gasteiger partial charge in [0.1, 0.15) is 5.82 Å². The molecule has 0 unspecified atom stereocenters. The molecule has 0 amide bonds. The van der Waals surface area contributed by atoms with Crippen molar-refractivity contribution in [1.29, 1.82) is 0 Å². The third-order valence-electron chi connectivity index (χ3n) is 3.65. The summed E-state index contributed by atoms with van der Waals surface area (Å²) in [5.41, 5.74) is -0.792. The van der Waals surface area contributed by atoms with Gasteiger partial charge < -0.3 is 14.4 Å². The summed E-state index contributed by atoms with van der Waals surface area (Å²) in [7, 11) is -0.767. The Hall–Kier alpha value is -1.47. The summed E-state index contributed by atoms with van der Waals surface area (Å²) >= 11 is 0. The molecule has 1 aliphatic rings. The van der Waals surface area contributed by atoms with Crippen LogP contribution in [0.1, 0.15) is 44.0 Å². The molecule has 0 saturated carbocycles. The molecule has 2 heterocycles. The van der Waals surface area contributed by atoms with Gasteiger partial charge >= 0.3 is 13.1 Å². The van der Waals surface area contributed by atoms with Gasteiger partial charge in [-0.2, -0.15) is 0 Å². The predicted octanol–water partition coefficient (Wildman–Crippen LogP) is 0.782. The Bertz CT molecular complexity index is 514. The zero-order chi connectivity index (χ0) is 14.4. The molecule has 1 aliphatic heterocycles. The molecule has 6 nitrogen and oxygen atoms in total. The van der Waals surface area contributed by atoms with Crippen LogP contribution >= 0.6 is 0 Å². The van der Waals surface area contributed by atoms with Gasteiger partial charge in [-0.3, -0.25) is 0 Å². The Morgan fingerprint density at radius 2 is 1.79 bits per heavy atom. The number of nitrogens with zero attached hydrogens (tertiary/aromatic N) is 2. The third kappa shape index (κ3) is 2.35. The van der Waals surface area contributed by atoms with E-state index in [1.165, 1.54) is 6.20 Å². The van der Waals surface area contributed by atoms with Gasteiger partial charge in [0.05, 0.1) is 11.2 Å². The van der Waals surface area contributed by atoms with Crippen molar-refractivity contribution in [2.24, 2.45) is 0 Å². The van der Waals surface area contributed by atoms with Crippen LogP contribution in [0.15, 0.2) is 6.20 Å². The van der Waals surface area contributed by atoms with Crippen molar-refractivity contribution in [3.8, 4) is 0 Å². The number of carbonyl (C=O) groups is 1. The van der Waals surface area contributed by atoms with E-state index < -0.39 is 24.3 Å². The van der Waals surface area contributed by atoms with Crippen molar-refractivity contribution in [2.75, 3.05) is 0 Å². The van der Waals surface area contributed by atoms with Crippen LogP contribution in [-0.2, 0) is 9.31 Å². The van der Waals surface area contributed by atoms with Crippen molar-refractivity contribution in [1.82, 2.24) is 9.97 Å². The second-order valence-electron chi connectivity index (χ2n) is 5.61. The van der Waals surface area contributed by atoms with E-state index in [1.54, 1.807) is 6.92 Å². The zero-order valence-corrected chi connectivity index (χ0v) is 11.7. The Morgan fingerprint density at radius 1 is 1.26 bits per heavy atom. The van der Waals surface area contributed by atoms with Crippen molar-refractivity contribution in [3.63, 3.8) is 0 Å². The normalized spacial score (nSPS) is 20.6. The number of aromatic nitrogens is 2. The maximum atomic E-state index is 11.3. The molecule has 1 aromatic rings. The fraction of sp³-hybridized carbons (Fsp3) is 0.583. The smallest absolute Gasteiger partial charge is 0.477 e. The predicted molar refractivity (Wildman–Crippen MR) is 69.4 cm³/mol. The molecule has 0 bridgehead atoms. The average Bonchev–Trinajstić information content (AvgIpc) is 2.47. The minimum absolute atomic E-state index is 0.0778. The summed E-state index contributed by atoms with van der Waals surface area (Å²) in [4.78, 5) is 19.2. The average molecular weight is 264 g/mol. The van der Waals surface area contributed by atoms with Gasteiger partial charge in [0, 0.05) is 11.7 Å². The van der Waals surface area contributed by atoms with Crippen molar-refractivity contribution in [3.05, 3.63) is 17.7 Å². The van der Waals surface area contributed by atoms with Gasteiger partial charge in [0.25, 0.3) is 0 Å². The van der Waals surface area contributed by atoms with Crippen LogP contribution in [0.3, 0.4) is 0 Å². The highest BCUT2D eigenvalue weighted by Gasteiger charge is 2.52. The first-order valence-electron chi connectivity index (χ1n) is 6.06. The molecular formula is C12H17BN2O4. The number of aromatic carboxylic acids is 1. The maximum Gasteiger partial charge on any atom is 0.498 e. The molecule has 1 saturated heterocycles. The molecule has 102 valence electrons. The lowest BCUT2D eigenvalue weighted by molar-refractivity contribution is 0.00578. The van der Waals surface area contributed by atoms with Gasteiger partial charge in [-0.25, -0.2) is 14.8 Å². The zero-order valence-electron chi connectivity index (χ0n) is 11.7. The molecule has 0 radical (unpaired) electrons. The summed E-state index contributed by atoms with van der Waals surface area (Å²) in [5.74, 6) is -0.715. The molecule has 1 fully saturated rings. The molecule has 19 heavy (non-hydrogen) atoms. The molecule has 0 atom stereocenters. The van der Waals surface area contributed by atoms with Crippen molar-refractivity contribution in [2.45, 2.75) is 45.8 Å². The van der Waals surface area contributed by atoms with Crippen LogP contribution in [0, 0.1) is 6.92 Å². The van der Waals surface area contributed by atoms with E-state index in [2.05, 4.69) is 9.97 Å². The molecule has 1 aromatic heterocycles. The van der Waals surface area contributed by atoms with Crippen LogP contribution < -0.4 is 5.46 Å². The molecule has 1 N–H and O–H groups in total. The number of carboxylic acid groups (broad SMARTS) is 1. The van der Waals surface area contributed by atoms with E-state index >= 15 is 0 Å². The largest absolute Gasteiger partial charge is 0.498 e. The number of hydrogen-bond donors (Lipinski definition) is 1. The maximum absolute atomic E-state index is 11.3. The monoisotopic (exact) mass is 264 g/mol. The lowest BCUT2D eigenvalue weighted by atomic mass is 9.78. The molecule has 7 heteroatoms. The number of rotatable bonds is 2. The number of aryl methyl sites for hydroxylation is 1. The summed E-state index contributed by atoms with van der Waals surface area (Å²) in [6.07, 6.45) is 1.45. The van der Waals surface area contributed by atoms with Gasteiger partial charge in [-0.1, -0.05) is 0 Å². The van der Waals surface area contributed by atoms with Gasteiger partial charge in [-0.05, 0) is 34.6 Å². The highest BCUT2D eigenvalue weighted by Crippen LogP contribution is 2.36. The van der Waals surface area contributed by atoms with E-state index in [0.29, 0.717) is 11.3 Å². The summed E-state index contributed by atoms with van der Waals surface area (Å²) in [6.45, 7) is 9.26. The quantitative estimate of drug-likeness (QED) is 0.795. The van der Waals surface area contributed by atoms with Crippen LogP contribution in [0.4, 0.5) is 0 Å².